The molecule has 0 aliphatic heterocycles. The normalized spacial score (nSPS) is 16.2. The molecule has 1 unspecified atom stereocenters. The number of rotatable bonds is 3. The lowest BCUT2D eigenvalue weighted by atomic mass is 10.1. The van der Waals surface area contributed by atoms with E-state index >= 15 is 0 Å². The van der Waals surface area contributed by atoms with E-state index in [9.17, 15) is 13.6 Å². The molecule has 0 radical (unpaired) electrons. The molecule has 3 aromatic rings. The van der Waals surface area contributed by atoms with Gasteiger partial charge in [-0.3, -0.25) is 9.89 Å². The van der Waals surface area contributed by atoms with Crippen LogP contribution in [0.1, 0.15) is 31.0 Å². The van der Waals surface area contributed by atoms with Gasteiger partial charge in [-0.25, -0.2) is 18.3 Å². The van der Waals surface area contributed by atoms with Crippen molar-refractivity contribution in [1.29, 1.82) is 0 Å². The first-order chi connectivity index (χ1) is 12.0. The second-order valence-corrected chi connectivity index (χ2v) is 5.89. The number of nitrogens with zero attached hydrogens (tertiary/aromatic N) is 2. The van der Waals surface area contributed by atoms with Crippen LogP contribution in [0.4, 0.5) is 8.78 Å². The van der Waals surface area contributed by atoms with E-state index in [2.05, 4.69) is 10.1 Å². The number of hydrogen-bond donors (Lipinski definition) is 1. The molecule has 0 fully saturated rings. The third kappa shape index (κ3) is 2.19. The minimum atomic E-state index is -1.07. The number of nitrogens with one attached hydrogen (secondary N) is 1. The van der Waals surface area contributed by atoms with E-state index in [1.54, 1.807) is 6.20 Å². The Hall–Kier alpha value is -2.96. The first kappa shape index (κ1) is 15.6. The van der Waals surface area contributed by atoms with E-state index in [1.807, 2.05) is 19.9 Å². The number of benzene rings is 1. The zero-order chi connectivity index (χ0) is 17.7. The van der Waals surface area contributed by atoms with Crippen LogP contribution in [0.25, 0.3) is 22.5 Å². The Morgan fingerprint density at radius 1 is 1.32 bits per heavy atom. The highest BCUT2D eigenvalue weighted by Gasteiger charge is 2.28. The van der Waals surface area contributed by atoms with Gasteiger partial charge in [0.2, 0.25) is 0 Å². The fourth-order valence-corrected chi connectivity index (χ4v) is 3.29. The van der Waals surface area contributed by atoms with E-state index < -0.39 is 17.2 Å². The lowest BCUT2D eigenvalue weighted by Crippen LogP contribution is -2.07. The van der Waals surface area contributed by atoms with Crippen LogP contribution in [-0.4, -0.2) is 21.2 Å². The highest BCUT2D eigenvalue weighted by Crippen LogP contribution is 2.37. The molecule has 1 N–H and O–H groups in total. The van der Waals surface area contributed by atoms with Crippen molar-refractivity contribution in [2.24, 2.45) is 0 Å². The highest BCUT2D eigenvalue weighted by atomic mass is 19.2. The molecule has 1 aliphatic rings. The van der Waals surface area contributed by atoms with Gasteiger partial charge in [0.1, 0.15) is 5.76 Å². The first-order valence-corrected chi connectivity index (χ1v) is 7.96. The van der Waals surface area contributed by atoms with Crippen LogP contribution < -0.4 is 5.56 Å². The average molecular weight is 343 g/mol. The number of aromatic amines is 1. The molecule has 25 heavy (non-hydrogen) atoms. The molecule has 0 saturated heterocycles. The molecule has 1 aromatic carbocycles. The fraction of sp³-hybridized carbons (Fsp3) is 0.222. The van der Waals surface area contributed by atoms with Gasteiger partial charge in [0, 0.05) is 17.7 Å². The van der Waals surface area contributed by atoms with E-state index in [-0.39, 0.29) is 22.7 Å². The molecular formula is C18H15F2N3O2. The third-order valence-corrected chi connectivity index (χ3v) is 4.33. The quantitative estimate of drug-likeness (QED) is 0.792. The molecule has 5 nitrogen and oxygen atoms in total. The number of hydrogen-bond acceptors (Lipinski definition) is 3. The highest BCUT2D eigenvalue weighted by molar-refractivity contribution is 5.79. The standard InChI is InChI=1S/C18H15F2N3O2/c1-3-25-13-7-9(2)16-11(13)8-21-17-14(18(24)22-23(16)17)10-5-4-6-12(19)15(10)20/h4-9H,3H2,1-2H3,(H,22,24). The lowest BCUT2D eigenvalue weighted by molar-refractivity contribution is 0.298. The summed E-state index contributed by atoms with van der Waals surface area (Å²) in [6.45, 7) is 4.36. The van der Waals surface area contributed by atoms with Crippen LogP contribution in [-0.2, 0) is 4.74 Å². The van der Waals surface area contributed by atoms with Gasteiger partial charge in [0.05, 0.1) is 23.4 Å². The van der Waals surface area contributed by atoms with Crippen molar-refractivity contribution >= 4 is 11.4 Å². The van der Waals surface area contributed by atoms with E-state index in [0.717, 1.165) is 17.3 Å². The van der Waals surface area contributed by atoms with Crippen LogP contribution in [0.15, 0.2) is 35.3 Å². The predicted octanol–water partition coefficient (Wildman–Crippen LogP) is 3.46. The minimum absolute atomic E-state index is 0.0110. The Labute approximate surface area is 141 Å². The maximum Gasteiger partial charge on any atom is 0.274 e. The Bertz CT molecular complexity index is 1080. The van der Waals surface area contributed by atoms with Crippen LogP contribution >= 0.6 is 0 Å². The van der Waals surface area contributed by atoms with Crippen molar-refractivity contribution in [2.75, 3.05) is 6.61 Å². The Balaban J connectivity index is 2.00. The minimum Gasteiger partial charge on any atom is -0.493 e. The molecule has 4 rings (SSSR count). The van der Waals surface area contributed by atoms with Gasteiger partial charge in [0.25, 0.3) is 5.56 Å². The summed E-state index contributed by atoms with van der Waals surface area (Å²) in [5, 5.41) is 2.69. The summed E-state index contributed by atoms with van der Waals surface area (Å²) in [6, 6.07) is 3.74. The van der Waals surface area contributed by atoms with Crippen molar-refractivity contribution in [2.45, 2.75) is 19.8 Å². The molecule has 0 bridgehead atoms. The maximum atomic E-state index is 14.2. The topological polar surface area (TPSA) is 59.4 Å². The average Bonchev–Trinajstić information content (AvgIpc) is 3.07. The molecule has 0 spiro atoms. The van der Waals surface area contributed by atoms with Gasteiger partial charge in [-0.05, 0) is 19.1 Å². The zero-order valence-electron chi connectivity index (χ0n) is 13.6. The van der Waals surface area contributed by atoms with Crippen LogP contribution in [0, 0.1) is 11.6 Å². The maximum absolute atomic E-state index is 14.2. The van der Waals surface area contributed by atoms with Crippen LogP contribution in [0.2, 0.25) is 0 Å². The summed E-state index contributed by atoms with van der Waals surface area (Å²) in [6.07, 6.45) is 3.54. The van der Waals surface area contributed by atoms with Gasteiger partial charge in [-0.15, -0.1) is 0 Å². The molecular weight excluding hydrogens is 328 g/mol. The molecule has 1 atom stereocenters. The largest absolute Gasteiger partial charge is 0.493 e. The van der Waals surface area contributed by atoms with Crippen molar-refractivity contribution < 1.29 is 13.5 Å². The number of halogens is 2. The number of aromatic nitrogens is 3. The monoisotopic (exact) mass is 343 g/mol. The van der Waals surface area contributed by atoms with Crippen LogP contribution in [0.3, 0.4) is 0 Å². The number of fused-ring (bicyclic) bond motifs is 3. The van der Waals surface area contributed by atoms with E-state index in [0.29, 0.717) is 12.4 Å². The fourth-order valence-electron chi connectivity index (χ4n) is 3.29. The summed E-state index contributed by atoms with van der Waals surface area (Å²) in [5.41, 5.74) is 1.21. The van der Waals surface area contributed by atoms with Gasteiger partial charge >= 0.3 is 0 Å². The molecule has 2 heterocycles. The molecule has 0 amide bonds. The molecule has 7 heteroatoms. The Kier molecular flexibility index (Phi) is 3.45. The summed E-state index contributed by atoms with van der Waals surface area (Å²) in [5.74, 6) is -1.39. The zero-order valence-corrected chi connectivity index (χ0v) is 13.6. The van der Waals surface area contributed by atoms with Crippen molar-refractivity contribution in [3.05, 3.63) is 63.7 Å². The second kappa shape index (κ2) is 5.54. The van der Waals surface area contributed by atoms with E-state index in [4.69, 9.17) is 4.74 Å². The first-order valence-electron chi connectivity index (χ1n) is 7.96. The smallest absolute Gasteiger partial charge is 0.274 e. The summed E-state index contributed by atoms with van der Waals surface area (Å²) < 4.78 is 34.9. The predicted molar refractivity (Wildman–Crippen MR) is 89.2 cm³/mol. The molecule has 2 aromatic heterocycles. The van der Waals surface area contributed by atoms with Crippen molar-refractivity contribution in [3.63, 3.8) is 0 Å². The molecule has 128 valence electrons. The third-order valence-electron chi connectivity index (χ3n) is 4.33. The molecule has 0 saturated carbocycles. The van der Waals surface area contributed by atoms with Gasteiger partial charge < -0.3 is 4.74 Å². The second-order valence-electron chi connectivity index (χ2n) is 5.89. The van der Waals surface area contributed by atoms with Crippen molar-refractivity contribution in [3.8, 4) is 11.1 Å². The van der Waals surface area contributed by atoms with Gasteiger partial charge in [-0.2, -0.15) is 0 Å². The number of H-pyrrole nitrogens is 1. The number of allylic oxidation sites excluding steroid dienone is 1. The number of ether oxygens (including phenoxy) is 1. The lowest BCUT2D eigenvalue weighted by Gasteiger charge is -2.10. The SMILES string of the molecule is CCOC1=CC(C)c2c1cnc1c(-c3cccc(F)c3F)c(=O)[nH]n21. The summed E-state index contributed by atoms with van der Waals surface area (Å²) in [4.78, 5) is 16.8. The van der Waals surface area contributed by atoms with Crippen molar-refractivity contribution in [1.82, 2.24) is 14.6 Å². The summed E-state index contributed by atoms with van der Waals surface area (Å²) >= 11 is 0. The van der Waals surface area contributed by atoms with E-state index in [1.165, 1.54) is 16.6 Å². The van der Waals surface area contributed by atoms with Crippen LogP contribution in [0.5, 0.6) is 0 Å². The van der Waals surface area contributed by atoms with Gasteiger partial charge in [0.15, 0.2) is 17.3 Å². The Morgan fingerprint density at radius 3 is 2.88 bits per heavy atom. The van der Waals surface area contributed by atoms with Gasteiger partial charge in [-0.1, -0.05) is 19.1 Å². The Morgan fingerprint density at radius 2 is 2.12 bits per heavy atom. The molecule has 1 aliphatic carbocycles. The summed E-state index contributed by atoms with van der Waals surface area (Å²) in [7, 11) is 0.